The smallest absolute Gasteiger partial charge is 0.124 e. The largest absolute Gasteiger partial charge is 0.490 e. The van der Waals surface area contributed by atoms with Gasteiger partial charge in [-0.15, -0.1) is 0 Å². The van der Waals surface area contributed by atoms with E-state index >= 15 is 0 Å². The van der Waals surface area contributed by atoms with Crippen LogP contribution >= 0.6 is 0 Å². The van der Waals surface area contributed by atoms with Gasteiger partial charge in [-0.1, -0.05) is 36.4 Å². The number of hydrogen-bond donors (Lipinski definition) is 1. The molecule has 0 atom stereocenters. The van der Waals surface area contributed by atoms with Crippen molar-refractivity contribution in [2.45, 2.75) is 20.4 Å². The third-order valence-corrected chi connectivity index (χ3v) is 4.16. The van der Waals surface area contributed by atoms with Gasteiger partial charge in [-0.05, 0) is 61.0 Å². The Bertz CT molecular complexity index is 838. The summed E-state index contributed by atoms with van der Waals surface area (Å²) in [6.07, 6.45) is 0. The molecular weight excluding hydrogens is 310 g/mol. The molecule has 0 saturated carbocycles. The van der Waals surface area contributed by atoms with Gasteiger partial charge in [0.25, 0.3) is 0 Å². The Labute approximate surface area is 149 Å². The standard InChI is InChI=1S/C22H25NO2/c1-16-12-17(2)14-19(13-16)24-10-11-25-22-9-8-18-6-4-5-7-20(18)21(22)15-23-3/h4-9,12-14,23H,10-11,15H2,1-3H3. The van der Waals surface area contributed by atoms with Crippen molar-refractivity contribution >= 4 is 10.8 Å². The molecule has 1 N–H and O–H groups in total. The van der Waals surface area contributed by atoms with Gasteiger partial charge in [-0.3, -0.25) is 0 Å². The lowest BCUT2D eigenvalue weighted by molar-refractivity contribution is 0.216. The zero-order chi connectivity index (χ0) is 17.6. The lowest BCUT2D eigenvalue weighted by atomic mass is 10.0. The molecule has 0 bridgehead atoms. The average molecular weight is 335 g/mol. The molecule has 0 aliphatic heterocycles. The zero-order valence-corrected chi connectivity index (χ0v) is 15.1. The number of ether oxygens (including phenoxy) is 2. The fourth-order valence-electron chi connectivity index (χ4n) is 3.14. The summed E-state index contributed by atoms with van der Waals surface area (Å²) in [5.41, 5.74) is 3.61. The molecule has 0 aliphatic carbocycles. The van der Waals surface area contributed by atoms with Crippen LogP contribution in [0.1, 0.15) is 16.7 Å². The molecule has 0 saturated heterocycles. The van der Waals surface area contributed by atoms with Crippen LogP contribution in [0.4, 0.5) is 0 Å². The van der Waals surface area contributed by atoms with E-state index in [1.54, 1.807) is 0 Å². The first-order chi connectivity index (χ1) is 12.2. The summed E-state index contributed by atoms with van der Waals surface area (Å²) in [7, 11) is 1.95. The molecule has 25 heavy (non-hydrogen) atoms. The van der Waals surface area contributed by atoms with Gasteiger partial charge >= 0.3 is 0 Å². The molecule has 0 aromatic heterocycles. The molecule has 3 rings (SSSR count). The first-order valence-electron chi connectivity index (χ1n) is 8.66. The maximum absolute atomic E-state index is 6.02. The highest BCUT2D eigenvalue weighted by Crippen LogP contribution is 2.28. The van der Waals surface area contributed by atoms with Crippen LogP contribution in [0.25, 0.3) is 10.8 Å². The molecule has 0 fully saturated rings. The summed E-state index contributed by atoms with van der Waals surface area (Å²) in [4.78, 5) is 0. The van der Waals surface area contributed by atoms with Crippen LogP contribution in [0.5, 0.6) is 11.5 Å². The molecular formula is C22H25NO2. The topological polar surface area (TPSA) is 30.5 Å². The second-order valence-corrected chi connectivity index (χ2v) is 6.31. The molecule has 0 amide bonds. The number of fused-ring (bicyclic) bond motifs is 1. The van der Waals surface area contributed by atoms with Crippen molar-refractivity contribution in [3.8, 4) is 11.5 Å². The minimum Gasteiger partial charge on any atom is -0.490 e. The van der Waals surface area contributed by atoms with E-state index in [1.807, 2.05) is 13.1 Å². The van der Waals surface area contributed by atoms with Crippen LogP contribution in [0.2, 0.25) is 0 Å². The van der Waals surface area contributed by atoms with Gasteiger partial charge in [0.05, 0.1) is 0 Å². The van der Waals surface area contributed by atoms with Gasteiger partial charge < -0.3 is 14.8 Å². The summed E-state index contributed by atoms with van der Waals surface area (Å²) in [6.45, 7) is 5.97. The molecule has 0 heterocycles. The van der Waals surface area contributed by atoms with Gasteiger partial charge in [0.2, 0.25) is 0 Å². The van der Waals surface area contributed by atoms with Crippen LogP contribution in [0, 0.1) is 13.8 Å². The lowest BCUT2D eigenvalue weighted by Crippen LogP contribution is -2.12. The van der Waals surface area contributed by atoms with Crippen molar-refractivity contribution in [3.63, 3.8) is 0 Å². The van der Waals surface area contributed by atoms with Crippen LogP contribution in [0.3, 0.4) is 0 Å². The number of rotatable bonds is 7. The second kappa shape index (κ2) is 8.04. The summed E-state index contributed by atoms with van der Waals surface area (Å²) in [6, 6.07) is 18.8. The van der Waals surface area contributed by atoms with Crippen LogP contribution in [0.15, 0.2) is 54.6 Å². The van der Waals surface area contributed by atoms with Gasteiger partial charge in [-0.2, -0.15) is 0 Å². The fraction of sp³-hybridized carbons (Fsp3) is 0.273. The summed E-state index contributed by atoms with van der Waals surface area (Å²) < 4.78 is 11.9. The zero-order valence-electron chi connectivity index (χ0n) is 15.1. The van der Waals surface area contributed by atoms with E-state index in [1.165, 1.54) is 27.5 Å². The van der Waals surface area contributed by atoms with Crippen LogP contribution in [-0.4, -0.2) is 20.3 Å². The molecule has 0 unspecified atom stereocenters. The Balaban J connectivity index is 1.67. The Kier molecular flexibility index (Phi) is 5.56. The van der Waals surface area contributed by atoms with E-state index in [0.717, 1.165) is 18.0 Å². The van der Waals surface area contributed by atoms with Gasteiger partial charge in [-0.25, -0.2) is 0 Å². The molecule has 3 aromatic rings. The first-order valence-corrected chi connectivity index (χ1v) is 8.66. The third-order valence-electron chi connectivity index (χ3n) is 4.16. The quantitative estimate of drug-likeness (QED) is 0.638. The second-order valence-electron chi connectivity index (χ2n) is 6.31. The summed E-state index contributed by atoms with van der Waals surface area (Å²) in [5.74, 6) is 1.81. The van der Waals surface area contributed by atoms with E-state index in [9.17, 15) is 0 Å². The summed E-state index contributed by atoms with van der Waals surface area (Å²) >= 11 is 0. The van der Waals surface area contributed by atoms with E-state index in [-0.39, 0.29) is 0 Å². The van der Waals surface area contributed by atoms with Crippen molar-refractivity contribution in [2.75, 3.05) is 20.3 Å². The number of nitrogens with one attached hydrogen (secondary N) is 1. The highest BCUT2D eigenvalue weighted by Gasteiger charge is 2.08. The van der Waals surface area contributed by atoms with Gasteiger partial charge in [0, 0.05) is 12.1 Å². The Morgan fingerprint density at radius 1 is 0.840 bits per heavy atom. The molecule has 0 radical (unpaired) electrons. The molecule has 3 heteroatoms. The first kappa shape index (κ1) is 17.3. The van der Waals surface area contributed by atoms with Crippen molar-refractivity contribution < 1.29 is 9.47 Å². The van der Waals surface area contributed by atoms with Crippen molar-refractivity contribution in [1.82, 2.24) is 5.32 Å². The maximum atomic E-state index is 6.02. The predicted molar refractivity (Wildman–Crippen MR) is 104 cm³/mol. The minimum absolute atomic E-state index is 0.516. The average Bonchev–Trinajstić information content (AvgIpc) is 2.59. The van der Waals surface area contributed by atoms with Gasteiger partial charge in [0.15, 0.2) is 0 Å². The number of benzene rings is 3. The highest BCUT2D eigenvalue weighted by atomic mass is 16.5. The Hall–Kier alpha value is -2.52. The third kappa shape index (κ3) is 4.31. The Morgan fingerprint density at radius 2 is 1.56 bits per heavy atom. The highest BCUT2D eigenvalue weighted by molar-refractivity contribution is 5.87. The normalized spacial score (nSPS) is 10.8. The SMILES string of the molecule is CNCc1c(OCCOc2cc(C)cc(C)c2)ccc2ccccc12. The maximum Gasteiger partial charge on any atom is 0.124 e. The molecule has 3 aromatic carbocycles. The molecule has 0 aliphatic rings. The van der Waals surface area contributed by atoms with E-state index in [0.29, 0.717) is 13.2 Å². The minimum atomic E-state index is 0.516. The molecule has 3 nitrogen and oxygen atoms in total. The van der Waals surface area contributed by atoms with E-state index in [4.69, 9.17) is 9.47 Å². The number of aryl methyl sites for hydroxylation is 2. The predicted octanol–water partition coefficient (Wildman–Crippen LogP) is 4.63. The van der Waals surface area contributed by atoms with Crippen LogP contribution < -0.4 is 14.8 Å². The van der Waals surface area contributed by atoms with E-state index < -0.39 is 0 Å². The monoisotopic (exact) mass is 335 g/mol. The lowest BCUT2D eigenvalue weighted by Gasteiger charge is -2.15. The van der Waals surface area contributed by atoms with Crippen molar-refractivity contribution in [1.29, 1.82) is 0 Å². The van der Waals surface area contributed by atoms with Crippen LogP contribution in [-0.2, 0) is 6.54 Å². The molecule has 130 valence electrons. The van der Waals surface area contributed by atoms with Crippen molar-refractivity contribution in [2.24, 2.45) is 0 Å². The molecule has 0 spiro atoms. The van der Waals surface area contributed by atoms with E-state index in [2.05, 4.69) is 67.7 Å². The Morgan fingerprint density at radius 3 is 2.32 bits per heavy atom. The number of hydrogen-bond acceptors (Lipinski definition) is 3. The van der Waals surface area contributed by atoms with Gasteiger partial charge in [0.1, 0.15) is 24.7 Å². The fourth-order valence-corrected chi connectivity index (χ4v) is 3.14. The van der Waals surface area contributed by atoms with Crippen molar-refractivity contribution in [3.05, 3.63) is 71.3 Å². The summed E-state index contributed by atoms with van der Waals surface area (Å²) in [5, 5.41) is 5.69.